The average Bonchev–Trinajstić information content (AvgIpc) is 2.76. The van der Waals surface area contributed by atoms with E-state index in [2.05, 4.69) is 5.32 Å². The van der Waals surface area contributed by atoms with Gasteiger partial charge in [0.05, 0.1) is 14.2 Å². The summed E-state index contributed by atoms with van der Waals surface area (Å²) in [5.74, 6) is -0.0876. The predicted octanol–water partition coefficient (Wildman–Crippen LogP) is 3.65. The number of rotatable bonds is 4. The van der Waals surface area contributed by atoms with Crippen molar-refractivity contribution in [3.05, 3.63) is 41.5 Å². The number of nitrogens with zero attached hydrogens (tertiary/aromatic N) is 1. The van der Waals surface area contributed by atoms with Gasteiger partial charge in [-0.15, -0.1) is 0 Å². The number of hydrogen-bond donors (Lipinski definition) is 1. The minimum atomic E-state index is -0.695. The maximum absolute atomic E-state index is 13.2. The zero-order valence-electron chi connectivity index (χ0n) is 17.1. The normalized spacial score (nSPS) is 19.3. The SMILES string of the molecule is COc1ccc2ccc(OC)c(/C=C3/C(=O)NC(=O)N(C4CCCCC4)C3=O)c2c1. The van der Waals surface area contributed by atoms with E-state index < -0.39 is 17.8 Å². The first-order valence-electron chi connectivity index (χ1n) is 10.1. The van der Waals surface area contributed by atoms with Crippen LogP contribution in [0.25, 0.3) is 16.8 Å². The number of hydrogen-bond acceptors (Lipinski definition) is 5. The van der Waals surface area contributed by atoms with Crippen LogP contribution in [0.1, 0.15) is 37.7 Å². The Labute approximate surface area is 174 Å². The van der Waals surface area contributed by atoms with E-state index >= 15 is 0 Å². The summed E-state index contributed by atoms with van der Waals surface area (Å²) in [6, 6.07) is 8.44. The molecular weight excluding hydrogens is 384 g/mol. The third-order valence-corrected chi connectivity index (χ3v) is 5.81. The lowest BCUT2D eigenvalue weighted by Crippen LogP contribution is -2.58. The molecule has 2 fully saturated rings. The van der Waals surface area contributed by atoms with Crippen LogP contribution in [-0.4, -0.2) is 43.0 Å². The van der Waals surface area contributed by atoms with Crippen molar-refractivity contribution in [3.8, 4) is 11.5 Å². The molecule has 2 aromatic carbocycles. The molecule has 156 valence electrons. The molecule has 0 aromatic heterocycles. The Kier molecular flexibility index (Phi) is 5.44. The fraction of sp³-hybridized carbons (Fsp3) is 0.348. The van der Waals surface area contributed by atoms with Crippen LogP contribution < -0.4 is 14.8 Å². The summed E-state index contributed by atoms with van der Waals surface area (Å²) in [5.41, 5.74) is 0.513. The predicted molar refractivity (Wildman–Crippen MR) is 112 cm³/mol. The quantitative estimate of drug-likeness (QED) is 0.617. The van der Waals surface area contributed by atoms with Gasteiger partial charge in [0.1, 0.15) is 17.1 Å². The fourth-order valence-corrected chi connectivity index (χ4v) is 4.24. The van der Waals surface area contributed by atoms with Crippen molar-refractivity contribution < 1.29 is 23.9 Å². The van der Waals surface area contributed by atoms with Crippen molar-refractivity contribution in [2.75, 3.05) is 14.2 Å². The number of methoxy groups -OCH3 is 2. The van der Waals surface area contributed by atoms with Gasteiger partial charge in [0.15, 0.2) is 0 Å². The highest BCUT2D eigenvalue weighted by Gasteiger charge is 2.40. The second-order valence-corrected chi connectivity index (χ2v) is 7.55. The molecule has 0 spiro atoms. The summed E-state index contributed by atoms with van der Waals surface area (Å²) < 4.78 is 10.8. The molecule has 1 saturated carbocycles. The molecule has 1 aliphatic carbocycles. The minimum absolute atomic E-state index is 0.0752. The zero-order valence-corrected chi connectivity index (χ0v) is 17.1. The molecule has 2 aromatic rings. The first-order valence-corrected chi connectivity index (χ1v) is 10.1. The van der Waals surface area contributed by atoms with E-state index in [1.165, 1.54) is 18.1 Å². The molecule has 0 unspecified atom stereocenters. The lowest BCUT2D eigenvalue weighted by molar-refractivity contribution is -0.132. The summed E-state index contributed by atoms with van der Waals surface area (Å²) >= 11 is 0. The molecule has 7 heteroatoms. The van der Waals surface area contributed by atoms with Crippen LogP contribution in [0.3, 0.4) is 0 Å². The van der Waals surface area contributed by atoms with Crippen molar-refractivity contribution in [1.29, 1.82) is 0 Å². The number of amides is 4. The number of nitrogens with one attached hydrogen (secondary N) is 1. The van der Waals surface area contributed by atoms with Gasteiger partial charge in [-0.2, -0.15) is 0 Å². The van der Waals surface area contributed by atoms with E-state index in [-0.39, 0.29) is 11.6 Å². The van der Waals surface area contributed by atoms with E-state index in [4.69, 9.17) is 9.47 Å². The molecule has 0 radical (unpaired) electrons. The largest absolute Gasteiger partial charge is 0.497 e. The maximum Gasteiger partial charge on any atom is 0.331 e. The molecule has 1 N–H and O–H groups in total. The first-order chi connectivity index (χ1) is 14.5. The van der Waals surface area contributed by atoms with Gasteiger partial charge < -0.3 is 9.47 Å². The van der Waals surface area contributed by atoms with Crippen LogP contribution in [0.2, 0.25) is 0 Å². The highest BCUT2D eigenvalue weighted by atomic mass is 16.5. The number of carbonyl (C=O) groups excluding carboxylic acids is 3. The summed E-state index contributed by atoms with van der Waals surface area (Å²) in [5, 5.41) is 4.02. The number of fused-ring (bicyclic) bond motifs is 1. The van der Waals surface area contributed by atoms with E-state index in [0.29, 0.717) is 17.1 Å². The number of barbiturate groups is 1. The van der Waals surface area contributed by atoms with Gasteiger partial charge in [0.2, 0.25) is 0 Å². The highest BCUT2D eigenvalue weighted by molar-refractivity contribution is 6.31. The first kappa shape index (κ1) is 19.9. The standard InChI is InChI=1S/C23H24N2O5/c1-29-16-10-8-14-9-11-20(30-2)18(17(14)12-16)13-19-21(26)24-23(28)25(22(19)27)15-6-4-3-5-7-15/h8-13,15H,3-7H2,1-2H3,(H,24,26,28)/b19-13-. The molecule has 30 heavy (non-hydrogen) atoms. The third-order valence-electron chi connectivity index (χ3n) is 5.81. The van der Waals surface area contributed by atoms with Gasteiger partial charge in [-0.3, -0.25) is 19.8 Å². The number of carbonyl (C=O) groups is 3. The van der Waals surface area contributed by atoms with Crippen LogP contribution >= 0.6 is 0 Å². The Balaban J connectivity index is 1.82. The van der Waals surface area contributed by atoms with Crippen molar-refractivity contribution in [2.24, 2.45) is 0 Å². The van der Waals surface area contributed by atoms with Gasteiger partial charge in [-0.05, 0) is 47.9 Å². The number of ether oxygens (including phenoxy) is 2. The molecule has 0 atom stereocenters. The minimum Gasteiger partial charge on any atom is -0.497 e. The van der Waals surface area contributed by atoms with Crippen LogP contribution in [-0.2, 0) is 9.59 Å². The molecule has 2 aliphatic rings. The molecule has 4 amide bonds. The van der Waals surface area contributed by atoms with Gasteiger partial charge in [-0.25, -0.2) is 4.79 Å². The van der Waals surface area contributed by atoms with Crippen LogP contribution in [0.15, 0.2) is 35.9 Å². The van der Waals surface area contributed by atoms with Gasteiger partial charge in [-0.1, -0.05) is 31.4 Å². The third kappa shape index (κ3) is 3.51. The highest BCUT2D eigenvalue weighted by Crippen LogP contribution is 2.34. The van der Waals surface area contributed by atoms with Gasteiger partial charge in [0.25, 0.3) is 11.8 Å². The summed E-state index contributed by atoms with van der Waals surface area (Å²) in [6.45, 7) is 0. The molecule has 7 nitrogen and oxygen atoms in total. The lowest BCUT2D eigenvalue weighted by atomic mass is 9.93. The Bertz CT molecular complexity index is 1050. The Hall–Kier alpha value is -3.35. The average molecular weight is 408 g/mol. The molecule has 4 rings (SSSR count). The smallest absolute Gasteiger partial charge is 0.331 e. The van der Waals surface area contributed by atoms with Crippen molar-refractivity contribution in [1.82, 2.24) is 10.2 Å². The van der Waals surface area contributed by atoms with E-state index in [1.54, 1.807) is 13.2 Å². The van der Waals surface area contributed by atoms with Gasteiger partial charge in [0, 0.05) is 11.6 Å². The number of benzene rings is 2. The Morgan fingerprint density at radius 3 is 2.43 bits per heavy atom. The van der Waals surface area contributed by atoms with Gasteiger partial charge >= 0.3 is 6.03 Å². The number of imide groups is 2. The van der Waals surface area contributed by atoms with Crippen molar-refractivity contribution in [2.45, 2.75) is 38.1 Å². The van der Waals surface area contributed by atoms with Crippen LogP contribution in [0.5, 0.6) is 11.5 Å². The molecule has 1 aliphatic heterocycles. The topological polar surface area (TPSA) is 84.9 Å². The lowest BCUT2D eigenvalue weighted by Gasteiger charge is -2.35. The second kappa shape index (κ2) is 8.18. The van der Waals surface area contributed by atoms with Crippen LogP contribution in [0.4, 0.5) is 4.79 Å². The van der Waals surface area contributed by atoms with Crippen molar-refractivity contribution in [3.63, 3.8) is 0 Å². The molecular formula is C23H24N2O5. The van der Waals surface area contributed by atoms with E-state index in [1.807, 2.05) is 24.3 Å². The zero-order chi connectivity index (χ0) is 21.3. The second-order valence-electron chi connectivity index (χ2n) is 7.55. The van der Waals surface area contributed by atoms with Crippen LogP contribution in [0, 0.1) is 0 Å². The molecule has 1 heterocycles. The Morgan fingerprint density at radius 2 is 1.73 bits per heavy atom. The van der Waals surface area contributed by atoms with E-state index in [9.17, 15) is 14.4 Å². The maximum atomic E-state index is 13.2. The summed E-state index contributed by atoms with van der Waals surface area (Å²) in [7, 11) is 3.11. The Morgan fingerprint density at radius 1 is 1.00 bits per heavy atom. The molecule has 0 bridgehead atoms. The summed E-state index contributed by atoms with van der Waals surface area (Å²) in [4.78, 5) is 39.5. The van der Waals surface area contributed by atoms with E-state index in [0.717, 1.165) is 42.9 Å². The molecule has 1 saturated heterocycles. The van der Waals surface area contributed by atoms with Crippen molar-refractivity contribution >= 4 is 34.7 Å². The monoisotopic (exact) mass is 408 g/mol. The fourth-order valence-electron chi connectivity index (χ4n) is 4.24. The number of urea groups is 1. The summed E-state index contributed by atoms with van der Waals surface area (Å²) in [6.07, 6.45) is 6.06.